The molecular weight excluding hydrogens is 312 g/mol. The van der Waals surface area contributed by atoms with Crippen molar-refractivity contribution in [3.05, 3.63) is 76.3 Å². The topological polar surface area (TPSA) is 55.7 Å². The minimum absolute atomic E-state index is 0.0927. The lowest BCUT2D eigenvalue weighted by Gasteiger charge is -2.20. The summed E-state index contributed by atoms with van der Waals surface area (Å²) in [6.07, 6.45) is 3.78. The number of fused-ring (bicyclic) bond motifs is 2. The maximum atomic E-state index is 13.1. The maximum Gasteiger partial charge on any atom is 0.201 e. The Balaban J connectivity index is 2.29. The first kappa shape index (κ1) is 15.4. The lowest BCUT2D eigenvalue weighted by molar-refractivity contribution is 0.565. The molecule has 0 bridgehead atoms. The summed E-state index contributed by atoms with van der Waals surface area (Å²) < 4.78 is 5.67. The van der Waals surface area contributed by atoms with Gasteiger partial charge >= 0.3 is 0 Å². The predicted molar refractivity (Wildman–Crippen MR) is 99.9 cm³/mol. The normalized spacial score (nSPS) is 11.7. The zero-order valence-electron chi connectivity index (χ0n) is 14.5. The molecule has 3 heterocycles. The molecule has 0 fully saturated rings. The van der Waals surface area contributed by atoms with E-state index in [0.717, 1.165) is 16.7 Å². The number of pyridine rings is 2. The molecule has 0 aliphatic carbocycles. The van der Waals surface area contributed by atoms with Crippen LogP contribution in [-0.2, 0) is 7.05 Å². The van der Waals surface area contributed by atoms with Crippen LogP contribution in [-0.4, -0.2) is 13.9 Å². The molecule has 0 spiro atoms. The molecule has 4 rings (SSSR count). The van der Waals surface area contributed by atoms with Crippen LogP contribution in [0.5, 0.6) is 0 Å². The van der Waals surface area contributed by atoms with Crippen LogP contribution in [0.25, 0.3) is 21.8 Å². The van der Waals surface area contributed by atoms with Gasteiger partial charge in [0.1, 0.15) is 0 Å². The van der Waals surface area contributed by atoms with Crippen molar-refractivity contribution in [2.75, 3.05) is 0 Å². The van der Waals surface area contributed by atoms with Gasteiger partial charge in [0, 0.05) is 30.5 Å². The number of hydrogen-bond acceptors (Lipinski definition) is 2. The summed E-state index contributed by atoms with van der Waals surface area (Å²) >= 11 is 0. The second-order valence-electron chi connectivity index (χ2n) is 6.61. The minimum Gasteiger partial charge on any atom is -0.343 e. The molecular formula is C20H20N4O. The third kappa shape index (κ3) is 2.16. The number of aryl methyl sites for hydroxylation is 1. The van der Waals surface area contributed by atoms with Crippen molar-refractivity contribution < 1.29 is 0 Å². The Labute approximate surface area is 144 Å². The molecule has 0 aliphatic heterocycles. The van der Waals surface area contributed by atoms with Crippen molar-refractivity contribution in [3.63, 3.8) is 0 Å². The Bertz CT molecular complexity index is 1210. The summed E-state index contributed by atoms with van der Waals surface area (Å²) in [5.41, 5.74) is 2.78. The number of rotatable bonds is 2. The van der Waals surface area contributed by atoms with Crippen LogP contribution in [0, 0.1) is 5.41 Å². The van der Waals surface area contributed by atoms with Crippen LogP contribution in [0.4, 0.5) is 0 Å². The second kappa shape index (κ2) is 5.48. The van der Waals surface area contributed by atoms with Gasteiger partial charge in [0.15, 0.2) is 5.49 Å². The zero-order valence-corrected chi connectivity index (χ0v) is 14.5. The molecule has 0 saturated heterocycles. The molecule has 25 heavy (non-hydrogen) atoms. The Kier molecular flexibility index (Phi) is 3.39. The smallest absolute Gasteiger partial charge is 0.201 e. The average molecular weight is 332 g/mol. The second-order valence-corrected chi connectivity index (χ2v) is 6.61. The summed E-state index contributed by atoms with van der Waals surface area (Å²) in [6, 6.07) is 13.4. The molecule has 4 aromatic rings. The largest absolute Gasteiger partial charge is 0.343 e. The van der Waals surface area contributed by atoms with Crippen LogP contribution in [0.3, 0.4) is 0 Å². The number of hydrogen-bond donors (Lipinski definition) is 1. The average Bonchev–Trinajstić information content (AvgIpc) is 3.13. The van der Waals surface area contributed by atoms with Gasteiger partial charge in [-0.15, -0.1) is 0 Å². The van der Waals surface area contributed by atoms with E-state index in [1.165, 1.54) is 0 Å². The molecule has 0 atom stereocenters. The van der Waals surface area contributed by atoms with Gasteiger partial charge in [-0.3, -0.25) is 14.9 Å². The Morgan fingerprint density at radius 1 is 1.00 bits per heavy atom. The first-order valence-corrected chi connectivity index (χ1v) is 8.36. The molecule has 5 heteroatoms. The Morgan fingerprint density at radius 3 is 2.36 bits per heavy atom. The number of aromatic nitrogens is 3. The van der Waals surface area contributed by atoms with Gasteiger partial charge in [0.2, 0.25) is 5.43 Å². The summed E-state index contributed by atoms with van der Waals surface area (Å²) in [6.45, 7) is 4.19. The van der Waals surface area contributed by atoms with Gasteiger partial charge in [0.05, 0.1) is 16.4 Å². The molecule has 126 valence electrons. The van der Waals surface area contributed by atoms with Gasteiger partial charge in [-0.05, 0) is 36.2 Å². The highest BCUT2D eigenvalue weighted by Crippen LogP contribution is 2.21. The first-order chi connectivity index (χ1) is 12.0. The van der Waals surface area contributed by atoms with Crippen molar-refractivity contribution in [1.29, 1.82) is 5.41 Å². The van der Waals surface area contributed by atoms with Gasteiger partial charge in [0.25, 0.3) is 0 Å². The van der Waals surface area contributed by atoms with E-state index in [0.29, 0.717) is 10.8 Å². The van der Waals surface area contributed by atoms with Crippen LogP contribution in [0.15, 0.2) is 59.7 Å². The third-order valence-corrected chi connectivity index (χ3v) is 4.74. The van der Waals surface area contributed by atoms with Crippen molar-refractivity contribution in [2.24, 2.45) is 7.05 Å². The summed E-state index contributed by atoms with van der Waals surface area (Å²) in [5, 5.41) is 9.88. The van der Waals surface area contributed by atoms with Crippen molar-refractivity contribution in [1.82, 2.24) is 13.9 Å². The lowest BCUT2D eigenvalue weighted by Crippen LogP contribution is -2.32. The van der Waals surface area contributed by atoms with E-state index in [2.05, 4.69) is 13.8 Å². The van der Waals surface area contributed by atoms with E-state index in [1.54, 1.807) is 0 Å². The zero-order chi connectivity index (χ0) is 17.7. The van der Waals surface area contributed by atoms with E-state index < -0.39 is 0 Å². The highest BCUT2D eigenvalue weighted by atomic mass is 16.1. The van der Waals surface area contributed by atoms with E-state index in [9.17, 15) is 4.79 Å². The van der Waals surface area contributed by atoms with Gasteiger partial charge in [-0.25, -0.2) is 4.68 Å². The standard InChI is InChI=1S/C20H20N4O/c1-13(2)16-12-17-18(20(21)24(16)23-10-6-7-11-23)19(25)14-8-4-5-9-15(14)22(17)3/h4-13,21H,1-3H3. The lowest BCUT2D eigenvalue weighted by atomic mass is 10.1. The predicted octanol–water partition coefficient (Wildman–Crippen LogP) is 3.21. The fraction of sp³-hybridized carbons (Fsp3) is 0.200. The first-order valence-electron chi connectivity index (χ1n) is 8.36. The number of nitrogens with one attached hydrogen (secondary N) is 1. The third-order valence-electron chi connectivity index (χ3n) is 4.74. The monoisotopic (exact) mass is 332 g/mol. The van der Waals surface area contributed by atoms with Crippen LogP contribution < -0.4 is 10.9 Å². The van der Waals surface area contributed by atoms with Crippen LogP contribution in [0.1, 0.15) is 25.5 Å². The van der Waals surface area contributed by atoms with E-state index in [1.807, 2.05) is 75.8 Å². The van der Waals surface area contributed by atoms with E-state index in [-0.39, 0.29) is 16.8 Å². The summed E-state index contributed by atoms with van der Waals surface area (Å²) in [4.78, 5) is 13.1. The fourth-order valence-corrected chi connectivity index (χ4v) is 3.46. The van der Waals surface area contributed by atoms with E-state index in [4.69, 9.17) is 5.41 Å². The molecule has 1 aromatic carbocycles. The van der Waals surface area contributed by atoms with Gasteiger partial charge in [-0.1, -0.05) is 26.0 Å². The van der Waals surface area contributed by atoms with Crippen molar-refractivity contribution in [2.45, 2.75) is 19.8 Å². The number of benzene rings is 1. The highest BCUT2D eigenvalue weighted by molar-refractivity contribution is 5.93. The fourth-order valence-electron chi connectivity index (χ4n) is 3.46. The van der Waals surface area contributed by atoms with Crippen LogP contribution in [0.2, 0.25) is 0 Å². The number of nitrogens with zero attached hydrogens (tertiary/aromatic N) is 3. The van der Waals surface area contributed by atoms with E-state index >= 15 is 0 Å². The minimum atomic E-state index is -0.0927. The quantitative estimate of drug-likeness (QED) is 0.563. The molecule has 0 amide bonds. The summed E-state index contributed by atoms with van der Waals surface area (Å²) in [5.74, 6) is 0.206. The SMILES string of the molecule is CC(C)c1cc2c(c(=O)c3ccccc3n2C)c(=N)n1-n1cccc1. The molecule has 0 saturated carbocycles. The highest BCUT2D eigenvalue weighted by Gasteiger charge is 2.17. The van der Waals surface area contributed by atoms with Crippen molar-refractivity contribution >= 4 is 21.8 Å². The maximum absolute atomic E-state index is 13.1. The molecule has 1 N–H and O–H groups in total. The summed E-state index contributed by atoms with van der Waals surface area (Å²) in [7, 11) is 1.95. The number of para-hydroxylation sites is 1. The van der Waals surface area contributed by atoms with Gasteiger partial charge in [-0.2, -0.15) is 0 Å². The van der Waals surface area contributed by atoms with Crippen LogP contribution >= 0.6 is 0 Å². The molecule has 5 nitrogen and oxygen atoms in total. The van der Waals surface area contributed by atoms with Crippen molar-refractivity contribution in [3.8, 4) is 0 Å². The molecule has 0 unspecified atom stereocenters. The molecule has 0 radical (unpaired) electrons. The Hall–Kier alpha value is -3.08. The molecule has 3 aromatic heterocycles. The van der Waals surface area contributed by atoms with Gasteiger partial charge < -0.3 is 4.57 Å². The Morgan fingerprint density at radius 2 is 1.68 bits per heavy atom. The molecule has 0 aliphatic rings.